The summed E-state index contributed by atoms with van der Waals surface area (Å²) in [6.07, 6.45) is 4.78. The van der Waals surface area contributed by atoms with Crippen LogP contribution in [-0.2, 0) is 4.74 Å². The molecule has 1 unspecified atom stereocenters. The highest BCUT2D eigenvalue weighted by Crippen LogP contribution is 2.30. The maximum atomic E-state index is 5.49. The fraction of sp³-hybridized carbons (Fsp3) is 1.00. The van der Waals surface area contributed by atoms with E-state index in [4.69, 9.17) is 4.74 Å². The van der Waals surface area contributed by atoms with Gasteiger partial charge in [-0.25, -0.2) is 0 Å². The Morgan fingerprint density at radius 3 is 2.32 bits per heavy atom. The van der Waals surface area contributed by atoms with Gasteiger partial charge in [0.2, 0.25) is 0 Å². The first-order valence-electron chi connectivity index (χ1n) is 8.13. The Labute approximate surface area is 120 Å². The van der Waals surface area contributed by atoms with Crippen LogP contribution < -0.4 is 5.32 Å². The topological polar surface area (TPSA) is 24.5 Å². The van der Waals surface area contributed by atoms with Crippen LogP contribution in [0.15, 0.2) is 0 Å². The highest BCUT2D eigenvalue weighted by molar-refractivity contribution is 5.02. The van der Waals surface area contributed by atoms with E-state index in [1.54, 1.807) is 0 Å². The highest BCUT2D eigenvalue weighted by Gasteiger charge is 2.41. The quantitative estimate of drug-likeness (QED) is 0.686. The molecule has 1 aliphatic rings. The summed E-state index contributed by atoms with van der Waals surface area (Å²) in [5, 5.41) is 3.83. The van der Waals surface area contributed by atoms with Gasteiger partial charge < -0.3 is 10.1 Å². The van der Waals surface area contributed by atoms with E-state index in [1.165, 1.54) is 25.8 Å². The Kier molecular flexibility index (Phi) is 6.78. The number of nitrogens with zero attached hydrogens (tertiary/aromatic N) is 1. The zero-order valence-corrected chi connectivity index (χ0v) is 13.7. The predicted octanol–water partition coefficient (Wildman–Crippen LogP) is 3.05. The summed E-state index contributed by atoms with van der Waals surface area (Å²) in [7, 11) is 0. The minimum absolute atomic E-state index is 0.306. The molecule has 3 nitrogen and oxygen atoms in total. The van der Waals surface area contributed by atoms with E-state index in [1.807, 2.05) is 0 Å². The summed E-state index contributed by atoms with van der Waals surface area (Å²) >= 11 is 0. The fourth-order valence-electron chi connectivity index (χ4n) is 3.02. The van der Waals surface area contributed by atoms with Crippen molar-refractivity contribution in [2.45, 2.75) is 71.4 Å². The highest BCUT2D eigenvalue weighted by atomic mass is 16.5. The van der Waals surface area contributed by atoms with Crippen molar-refractivity contribution in [3.63, 3.8) is 0 Å². The van der Waals surface area contributed by atoms with Gasteiger partial charge in [0.25, 0.3) is 0 Å². The van der Waals surface area contributed by atoms with Gasteiger partial charge in [-0.3, -0.25) is 4.90 Å². The minimum atomic E-state index is 0.306. The van der Waals surface area contributed by atoms with Crippen molar-refractivity contribution in [2.24, 2.45) is 0 Å². The average Bonchev–Trinajstić information content (AvgIpc) is 2.46. The van der Waals surface area contributed by atoms with E-state index in [9.17, 15) is 0 Å². The van der Waals surface area contributed by atoms with Crippen LogP contribution in [0.5, 0.6) is 0 Å². The number of piperazine rings is 1. The number of nitrogens with one attached hydrogen (secondary N) is 1. The van der Waals surface area contributed by atoms with Gasteiger partial charge in [0.05, 0.1) is 0 Å². The zero-order chi connectivity index (χ0) is 14.4. The van der Waals surface area contributed by atoms with Crippen LogP contribution in [0.2, 0.25) is 0 Å². The summed E-state index contributed by atoms with van der Waals surface area (Å²) in [4.78, 5) is 2.70. The third kappa shape index (κ3) is 4.17. The first kappa shape index (κ1) is 16.9. The first-order chi connectivity index (χ1) is 9.05. The lowest BCUT2D eigenvalue weighted by Gasteiger charge is -2.53. The average molecular weight is 270 g/mol. The van der Waals surface area contributed by atoms with E-state index in [0.29, 0.717) is 11.1 Å². The van der Waals surface area contributed by atoms with Gasteiger partial charge in [-0.1, -0.05) is 20.8 Å². The summed E-state index contributed by atoms with van der Waals surface area (Å²) in [5.41, 5.74) is 0.625. The van der Waals surface area contributed by atoms with Crippen molar-refractivity contribution < 1.29 is 4.74 Å². The van der Waals surface area contributed by atoms with Crippen LogP contribution >= 0.6 is 0 Å². The molecule has 0 amide bonds. The predicted molar refractivity (Wildman–Crippen MR) is 82.7 cm³/mol. The van der Waals surface area contributed by atoms with Gasteiger partial charge >= 0.3 is 0 Å². The molecule has 1 N–H and O–H groups in total. The molecular weight excluding hydrogens is 236 g/mol. The summed E-state index contributed by atoms with van der Waals surface area (Å²) < 4.78 is 5.49. The van der Waals surface area contributed by atoms with Crippen molar-refractivity contribution >= 4 is 0 Å². The van der Waals surface area contributed by atoms with Crippen molar-refractivity contribution in [1.82, 2.24) is 10.2 Å². The molecule has 1 heterocycles. The second kappa shape index (κ2) is 7.61. The van der Waals surface area contributed by atoms with E-state index in [2.05, 4.69) is 44.8 Å². The molecule has 1 saturated heterocycles. The molecule has 0 aromatic rings. The van der Waals surface area contributed by atoms with Gasteiger partial charge in [-0.15, -0.1) is 0 Å². The number of rotatable bonds is 8. The van der Waals surface area contributed by atoms with Crippen LogP contribution in [0.25, 0.3) is 0 Å². The lowest BCUT2D eigenvalue weighted by Crippen LogP contribution is -2.68. The van der Waals surface area contributed by atoms with Crippen LogP contribution in [-0.4, -0.2) is 48.8 Å². The summed E-state index contributed by atoms with van der Waals surface area (Å²) in [6.45, 7) is 16.6. The molecule has 1 rings (SSSR count). The van der Waals surface area contributed by atoms with Gasteiger partial charge in [-0.05, 0) is 39.5 Å². The fourth-order valence-corrected chi connectivity index (χ4v) is 3.02. The van der Waals surface area contributed by atoms with Crippen molar-refractivity contribution in [1.29, 1.82) is 0 Å². The third-order valence-electron chi connectivity index (χ3n) is 5.14. The Hall–Kier alpha value is -0.120. The molecule has 0 aromatic heterocycles. The Bertz CT molecular complexity index is 253. The van der Waals surface area contributed by atoms with Gasteiger partial charge in [0.15, 0.2) is 0 Å². The van der Waals surface area contributed by atoms with Crippen LogP contribution in [0.1, 0.15) is 60.3 Å². The van der Waals surface area contributed by atoms with Crippen molar-refractivity contribution in [3.8, 4) is 0 Å². The molecule has 0 bridgehead atoms. The molecule has 0 saturated carbocycles. The Morgan fingerprint density at radius 1 is 1.11 bits per heavy atom. The molecular formula is C16H34N2O. The smallest absolute Gasteiger partial charge is 0.0478 e. The molecule has 1 fully saturated rings. The van der Waals surface area contributed by atoms with Gasteiger partial charge in [0.1, 0.15) is 0 Å². The van der Waals surface area contributed by atoms with E-state index in [-0.39, 0.29) is 0 Å². The Balaban J connectivity index is 2.63. The van der Waals surface area contributed by atoms with E-state index < -0.39 is 0 Å². The molecule has 3 heteroatoms. The normalized spacial score (nSPS) is 27.6. The first-order valence-corrected chi connectivity index (χ1v) is 8.13. The molecule has 0 aromatic carbocycles. The molecule has 1 aliphatic heterocycles. The summed E-state index contributed by atoms with van der Waals surface area (Å²) in [5.74, 6) is 0. The third-order valence-corrected chi connectivity index (χ3v) is 5.14. The monoisotopic (exact) mass is 270 g/mol. The second-order valence-corrected chi connectivity index (χ2v) is 6.16. The maximum absolute atomic E-state index is 5.49. The molecule has 1 atom stereocenters. The number of ether oxygens (including phenoxy) is 1. The van der Waals surface area contributed by atoms with Crippen molar-refractivity contribution in [3.05, 3.63) is 0 Å². The number of hydrogen-bond acceptors (Lipinski definition) is 3. The molecule has 19 heavy (non-hydrogen) atoms. The largest absolute Gasteiger partial charge is 0.382 e. The van der Waals surface area contributed by atoms with Crippen LogP contribution in [0.4, 0.5) is 0 Å². The SMILES string of the molecule is CCOCCCN1CC(CC)(CC)NCC1(C)CC. The molecule has 0 spiro atoms. The van der Waals surface area contributed by atoms with Crippen molar-refractivity contribution in [2.75, 3.05) is 32.8 Å². The summed E-state index contributed by atoms with van der Waals surface area (Å²) in [6, 6.07) is 0. The van der Waals surface area contributed by atoms with E-state index in [0.717, 1.165) is 32.7 Å². The maximum Gasteiger partial charge on any atom is 0.0478 e. The zero-order valence-electron chi connectivity index (χ0n) is 13.7. The molecule has 0 aliphatic carbocycles. The lowest BCUT2D eigenvalue weighted by atomic mass is 9.83. The van der Waals surface area contributed by atoms with Gasteiger partial charge in [-0.2, -0.15) is 0 Å². The standard InChI is InChI=1S/C16H34N2O/c1-6-15(5)13-17-16(7-2,8-3)14-18(15)11-10-12-19-9-4/h17H,6-14H2,1-5H3. The number of hydrogen-bond donors (Lipinski definition) is 1. The van der Waals surface area contributed by atoms with Gasteiger partial charge in [0, 0.05) is 43.9 Å². The lowest BCUT2D eigenvalue weighted by molar-refractivity contribution is 0.00264. The Morgan fingerprint density at radius 2 is 1.79 bits per heavy atom. The molecule has 114 valence electrons. The van der Waals surface area contributed by atoms with Crippen LogP contribution in [0, 0.1) is 0 Å². The minimum Gasteiger partial charge on any atom is -0.382 e. The van der Waals surface area contributed by atoms with Crippen LogP contribution in [0.3, 0.4) is 0 Å². The van der Waals surface area contributed by atoms with E-state index >= 15 is 0 Å². The molecule has 0 radical (unpaired) electrons. The second-order valence-electron chi connectivity index (χ2n) is 6.16.